The molecule has 3 heterocycles. The fourth-order valence-electron chi connectivity index (χ4n) is 7.04. The maximum Gasteiger partial charge on any atom is 0.253 e. The molecule has 0 aromatic heterocycles. The molecule has 5 atom stereocenters. The van der Waals surface area contributed by atoms with Crippen molar-refractivity contribution in [1.29, 1.82) is 0 Å². The van der Waals surface area contributed by atoms with Crippen LogP contribution in [0.5, 0.6) is 5.75 Å². The third kappa shape index (κ3) is 4.81. The first kappa shape index (κ1) is 32.5. The monoisotopic (exact) mass is 676 g/mol. The molecule has 1 saturated heterocycles. The van der Waals surface area contributed by atoms with Crippen LogP contribution in [0.15, 0.2) is 48.6 Å². The second-order valence-corrected chi connectivity index (χ2v) is 12.3. The van der Waals surface area contributed by atoms with Gasteiger partial charge in [-0.25, -0.2) is 0 Å². The molecule has 0 saturated carbocycles. The van der Waals surface area contributed by atoms with Crippen molar-refractivity contribution in [2.75, 3.05) is 23.7 Å². The highest BCUT2D eigenvalue weighted by atomic mass is 16.7. The van der Waals surface area contributed by atoms with E-state index >= 15 is 0 Å². The quantitative estimate of drug-likeness (QED) is 0.0809. The van der Waals surface area contributed by atoms with E-state index in [0.717, 1.165) is 17.1 Å². The summed E-state index contributed by atoms with van der Waals surface area (Å²) in [5, 5.41) is 41.6. The highest BCUT2D eigenvalue weighted by Gasteiger charge is 2.82. The normalized spacial score (nSPS) is 26.0. The second kappa shape index (κ2) is 11.8. The van der Waals surface area contributed by atoms with E-state index in [-0.39, 0.29) is 58.6 Å². The fraction of sp³-hybridized carbons (Fsp3) is 0.278. The molecule has 0 unspecified atom stereocenters. The summed E-state index contributed by atoms with van der Waals surface area (Å²) >= 11 is 0. The van der Waals surface area contributed by atoms with E-state index in [1.54, 1.807) is 0 Å². The van der Waals surface area contributed by atoms with Gasteiger partial charge in [0.2, 0.25) is 11.8 Å². The number of benzene rings is 2. The van der Waals surface area contributed by atoms with E-state index in [1.807, 2.05) is 0 Å². The van der Waals surface area contributed by atoms with Gasteiger partial charge in [0.25, 0.3) is 11.8 Å². The molecule has 4 amide bonds. The summed E-state index contributed by atoms with van der Waals surface area (Å²) in [5.74, 6) is 7.22. The van der Waals surface area contributed by atoms with Gasteiger partial charge in [-0.05, 0) is 49.8 Å². The van der Waals surface area contributed by atoms with Crippen LogP contribution >= 0.6 is 0 Å². The Morgan fingerprint density at radius 1 is 1.00 bits per heavy atom. The number of nitrogens with zero attached hydrogens (tertiary/aromatic N) is 1. The molecule has 0 radical (unpaired) electrons. The Labute approximate surface area is 284 Å². The van der Waals surface area contributed by atoms with Crippen molar-refractivity contribution in [2.45, 2.75) is 49.2 Å². The predicted molar refractivity (Wildman–Crippen MR) is 173 cm³/mol. The number of aliphatic hydroxyl groups excluding tert-OH is 2. The maximum absolute atomic E-state index is 14.1. The van der Waals surface area contributed by atoms with Gasteiger partial charge in [0.15, 0.2) is 28.9 Å². The number of epoxide rings is 1. The zero-order chi connectivity index (χ0) is 35.5. The van der Waals surface area contributed by atoms with Crippen LogP contribution in [0.1, 0.15) is 57.2 Å². The molecule has 7 rings (SSSR count). The standard InChI is InChI=1S/C36H28N4O10/c1-18(41)35-24-7-4-2-3-5-8-25(43)36(35,50-35)22-16-23(42)30-31(32(22)39-24)33(48)20-11-10-19(15-21(20)34(30)49)38-27(45)17-37-26(44)9-6-14-40-28(46)12-13-29(40)47/h2-3,10-13,15-16,18,24-25,39,41-43H,6,9,14,17H2,1H3,(H,37,44)(H,38,45)/b3-2-/t18-,24+,25-,35+,36+/m1/s1. The van der Waals surface area contributed by atoms with Crippen molar-refractivity contribution in [3.05, 3.63) is 76.4 Å². The lowest BCUT2D eigenvalue weighted by Gasteiger charge is -2.37. The first-order valence-electron chi connectivity index (χ1n) is 15.6. The Hall–Kier alpha value is -6.06. The largest absolute Gasteiger partial charge is 0.507 e. The van der Waals surface area contributed by atoms with E-state index in [0.29, 0.717) is 0 Å². The number of phenols is 1. The Kier molecular flexibility index (Phi) is 7.68. The van der Waals surface area contributed by atoms with E-state index in [2.05, 4.69) is 39.6 Å². The van der Waals surface area contributed by atoms with Gasteiger partial charge in [-0.3, -0.25) is 33.7 Å². The molecule has 14 heteroatoms. The SMILES string of the molecule is C[C@@H](O)[C@@]12O[C@]13c1cc(O)c4c(c1N[C@H]2C#C/C=C\C#C[C@H]3O)C(=O)c1ccc(NC(=O)CNC(=O)CCCN2C(=O)C=CC2=O)cc1C4=O. The lowest BCUT2D eigenvalue weighted by atomic mass is 9.69. The Morgan fingerprint density at radius 2 is 1.70 bits per heavy atom. The van der Waals surface area contributed by atoms with Crippen LogP contribution < -0.4 is 16.0 Å². The summed E-state index contributed by atoms with van der Waals surface area (Å²) in [7, 11) is 0. The predicted octanol–water partition coefficient (Wildman–Crippen LogP) is 0.00420. The van der Waals surface area contributed by atoms with E-state index in [9.17, 15) is 44.1 Å². The number of nitrogens with one attached hydrogen (secondary N) is 3. The molecule has 2 aliphatic carbocycles. The molecule has 5 aliphatic rings. The number of aliphatic hydroxyl groups is 2. The Morgan fingerprint density at radius 3 is 2.42 bits per heavy atom. The first-order valence-corrected chi connectivity index (χ1v) is 15.6. The van der Waals surface area contributed by atoms with Gasteiger partial charge in [0.1, 0.15) is 11.8 Å². The minimum absolute atomic E-state index is 0.0151. The number of amides is 4. The van der Waals surface area contributed by atoms with Gasteiger partial charge in [-0.15, -0.1) is 0 Å². The number of hydrogen-bond acceptors (Lipinski definition) is 11. The number of imide groups is 1. The van der Waals surface area contributed by atoms with Crippen molar-refractivity contribution in [3.8, 4) is 29.4 Å². The van der Waals surface area contributed by atoms with Crippen LogP contribution in [0.2, 0.25) is 0 Å². The number of carbonyl (C=O) groups is 6. The topological polar surface area (TPSA) is 215 Å². The summed E-state index contributed by atoms with van der Waals surface area (Å²) in [6.07, 6.45) is 2.69. The average molecular weight is 677 g/mol. The third-order valence-corrected chi connectivity index (χ3v) is 9.38. The van der Waals surface area contributed by atoms with Gasteiger partial charge in [0, 0.05) is 47.5 Å². The second-order valence-electron chi connectivity index (χ2n) is 12.3. The molecule has 2 aromatic rings. The molecule has 3 aliphatic heterocycles. The summed E-state index contributed by atoms with van der Waals surface area (Å²) in [6, 6.07) is 4.31. The molecule has 14 nitrogen and oxygen atoms in total. The van der Waals surface area contributed by atoms with Gasteiger partial charge >= 0.3 is 0 Å². The molecular formula is C36H28N4O10. The number of phenolic OH excluding ortho intramolecular Hbond substituents is 1. The number of ether oxygens (including phenoxy) is 1. The van der Waals surface area contributed by atoms with Crippen molar-refractivity contribution in [3.63, 3.8) is 0 Å². The summed E-state index contributed by atoms with van der Waals surface area (Å²) in [4.78, 5) is 77.1. The number of anilines is 2. The lowest BCUT2D eigenvalue weighted by molar-refractivity contribution is -0.137. The number of carbonyl (C=O) groups excluding carboxylic acids is 6. The summed E-state index contributed by atoms with van der Waals surface area (Å²) in [5.41, 5.74) is -3.39. The highest BCUT2D eigenvalue weighted by Crippen LogP contribution is 2.67. The van der Waals surface area contributed by atoms with Crippen LogP contribution in [0, 0.1) is 23.7 Å². The van der Waals surface area contributed by atoms with Crippen molar-refractivity contribution >= 4 is 46.6 Å². The molecule has 6 N–H and O–H groups in total. The van der Waals surface area contributed by atoms with Crippen LogP contribution in [0.4, 0.5) is 11.4 Å². The number of allylic oxidation sites excluding steroid dienone is 2. The molecule has 50 heavy (non-hydrogen) atoms. The molecule has 1 fully saturated rings. The zero-order valence-corrected chi connectivity index (χ0v) is 26.3. The maximum atomic E-state index is 14.1. The molecule has 2 aromatic carbocycles. The fourth-order valence-corrected chi connectivity index (χ4v) is 7.04. The van der Waals surface area contributed by atoms with E-state index in [4.69, 9.17) is 4.74 Å². The number of ketones is 2. The smallest absolute Gasteiger partial charge is 0.253 e. The summed E-state index contributed by atoms with van der Waals surface area (Å²) < 4.78 is 6.16. The number of fused-ring (bicyclic) bond motifs is 4. The van der Waals surface area contributed by atoms with Gasteiger partial charge < -0.3 is 36.0 Å². The Bertz CT molecular complexity index is 2130. The number of aromatic hydroxyl groups is 1. The minimum Gasteiger partial charge on any atom is -0.507 e. The van der Waals surface area contributed by atoms with Crippen molar-refractivity contribution < 1.29 is 48.8 Å². The zero-order valence-electron chi connectivity index (χ0n) is 26.3. The van der Waals surface area contributed by atoms with Gasteiger partial charge in [-0.1, -0.05) is 23.7 Å². The van der Waals surface area contributed by atoms with E-state index < -0.39 is 76.9 Å². The van der Waals surface area contributed by atoms with Crippen molar-refractivity contribution in [2.24, 2.45) is 0 Å². The van der Waals surface area contributed by atoms with Crippen LogP contribution in [-0.2, 0) is 29.5 Å². The summed E-state index contributed by atoms with van der Waals surface area (Å²) in [6.45, 7) is 1.12. The molecule has 252 valence electrons. The molecule has 2 bridgehead atoms. The van der Waals surface area contributed by atoms with Gasteiger partial charge in [0.05, 0.1) is 29.5 Å². The Balaban J connectivity index is 1.11. The van der Waals surface area contributed by atoms with Crippen molar-refractivity contribution in [1.82, 2.24) is 10.2 Å². The molecule has 0 spiro atoms. The molecular weight excluding hydrogens is 648 g/mol. The highest BCUT2D eigenvalue weighted by molar-refractivity contribution is 6.31. The van der Waals surface area contributed by atoms with E-state index in [1.165, 1.54) is 43.3 Å². The third-order valence-electron chi connectivity index (χ3n) is 9.38. The van der Waals surface area contributed by atoms with Crippen LogP contribution in [-0.4, -0.2) is 92.4 Å². The van der Waals surface area contributed by atoms with Crippen LogP contribution in [0.3, 0.4) is 0 Å². The minimum atomic E-state index is -1.69. The lowest BCUT2D eigenvalue weighted by Crippen LogP contribution is -2.54. The number of hydrogen-bond donors (Lipinski definition) is 6. The van der Waals surface area contributed by atoms with Gasteiger partial charge in [-0.2, -0.15) is 0 Å². The average Bonchev–Trinajstić information content (AvgIpc) is 3.73. The first-order chi connectivity index (χ1) is 23.9. The van der Waals surface area contributed by atoms with Crippen LogP contribution in [0.25, 0.3) is 0 Å². The number of rotatable bonds is 8.